The molecule has 1 heterocycles. The molecule has 0 aliphatic carbocycles. The number of carbonyl (C=O) groups is 2. The number of esters is 1. The van der Waals surface area contributed by atoms with E-state index in [0.29, 0.717) is 23.4 Å². The Morgan fingerprint density at radius 2 is 1.70 bits per heavy atom. The number of ether oxygens (including phenoxy) is 2. The lowest BCUT2D eigenvalue weighted by atomic mass is 10.1. The highest BCUT2D eigenvalue weighted by Gasteiger charge is 2.22. The molecular weight excluding hydrogens is 382 g/mol. The zero-order valence-corrected chi connectivity index (χ0v) is 17.9. The second-order valence-electron chi connectivity index (χ2n) is 7.23. The van der Waals surface area contributed by atoms with Crippen molar-refractivity contribution in [3.8, 4) is 5.75 Å². The van der Waals surface area contributed by atoms with Gasteiger partial charge in [0.1, 0.15) is 5.75 Å². The third kappa shape index (κ3) is 5.10. The molecule has 0 aromatic heterocycles. The first-order valence-corrected chi connectivity index (χ1v) is 10.4. The molecule has 0 saturated carbocycles. The minimum absolute atomic E-state index is 0.237. The van der Waals surface area contributed by atoms with Crippen molar-refractivity contribution in [2.24, 2.45) is 0 Å². The maximum atomic E-state index is 12.9. The lowest BCUT2D eigenvalue weighted by Gasteiger charge is -2.34. The number of hydrogen-bond acceptors (Lipinski definition) is 5. The topological polar surface area (TPSA) is 72.3 Å². The summed E-state index contributed by atoms with van der Waals surface area (Å²) in [7, 11) is 1.35. The molecule has 3 rings (SSSR count). The Kier molecular flexibility index (Phi) is 7.30. The second kappa shape index (κ2) is 10.1. The van der Waals surface area contributed by atoms with Crippen molar-refractivity contribution in [1.82, 2.24) is 0 Å². The first kappa shape index (κ1) is 21.6. The van der Waals surface area contributed by atoms with Crippen LogP contribution in [-0.2, 0) is 4.74 Å². The monoisotopic (exact) mass is 412 g/mol. The molecule has 1 amide bonds. The number of benzene rings is 2. The summed E-state index contributed by atoms with van der Waals surface area (Å²) in [5.41, 5.74) is 2.45. The number of quaternary nitrogens is 1. The van der Waals surface area contributed by atoms with E-state index in [4.69, 9.17) is 9.47 Å². The number of methoxy groups -OCH3 is 1. The standard InChI is InChI=1S/C23H29N3O4/c1-4-25-12-14-26(15-13-25)21-11-8-18(23(28)29-3)16-20(21)24-22(27)17-6-9-19(10-7-17)30-5-2/h6-11,16H,4-5,12-15H2,1-3H3,(H,24,27)/p+1. The molecule has 160 valence electrons. The van der Waals surface area contributed by atoms with E-state index in [1.54, 1.807) is 41.3 Å². The first-order valence-electron chi connectivity index (χ1n) is 10.4. The van der Waals surface area contributed by atoms with E-state index in [1.807, 2.05) is 13.0 Å². The highest BCUT2D eigenvalue weighted by molar-refractivity contribution is 6.07. The van der Waals surface area contributed by atoms with E-state index in [0.717, 1.165) is 44.2 Å². The molecule has 0 spiro atoms. The molecule has 1 aliphatic heterocycles. The molecule has 30 heavy (non-hydrogen) atoms. The van der Waals surface area contributed by atoms with Crippen molar-refractivity contribution in [3.63, 3.8) is 0 Å². The Morgan fingerprint density at radius 1 is 1.03 bits per heavy atom. The van der Waals surface area contributed by atoms with Gasteiger partial charge in [0.2, 0.25) is 0 Å². The van der Waals surface area contributed by atoms with E-state index in [9.17, 15) is 9.59 Å². The van der Waals surface area contributed by atoms with Crippen molar-refractivity contribution in [2.45, 2.75) is 13.8 Å². The van der Waals surface area contributed by atoms with Gasteiger partial charge in [0.15, 0.2) is 0 Å². The van der Waals surface area contributed by atoms with Gasteiger partial charge in [0.05, 0.1) is 63.4 Å². The van der Waals surface area contributed by atoms with Crippen LogP contribution in [0.2, 0.25) is 0 Å². The zero-order valence-electron chi connectivity index (χ0n) is 17.9. The SMILES string of the molecule is CCOc1ccc(C(=O)Nc2cc(C(=O)OC)ccc2N2CC[NH+](CC)CC2)cc1. The number of rotatable bonds is 7. The Bertz CT molecular complexity index is 875. The van der Waals surface area contributed by atoms with Crippen molar-refractivity contribution in [1.29, 1.82) is 0 Å². The molecule has 0 atom stereocenters. The summed E-state index contributed by atoms with van der Waals surface area (Å²) in [5, 5.41) is 2.98. The van der Waals surface area contributed by atoms with Gasteiger partial charge < -0.3 is 24.6 Å². The van der Waals surface area contributed by atoms with Crippen molar-refractivity contribution < 1.29 is 24.0 Å². The molecule has 1 saturated heterocycles. The van der Waals surface area contributed by atoms with Crippen LogP contribution in [0, 0.1) is 0 Å². The van der Waals surface area contributed by atoms with Crippen LogP contribution in [-0.4, -0.2) is 58.3 Å². The number of anilines is 2. The summed E-state index contributed by atoms with van der Waals surface area (Å²) in [4.78, 5) is 28.7. The highest BCUT2D eigenvalue weighted by Crippen LogP contribution is 2.28. The molecule has 0 bridgehead atoms. The summed E-state index contributed by atoms with van der Waals surface area (Å²) in [6, 6.07) is 12.3. The smallest absolute Gasteiger partial charge is 0.337 e. The maximum Gasteiger partial charge on any atom is 0.337 e. The highest BCUT2D eigenvalue weighted by atomic mass is 16.5. The van der Waals surface area contributed by atoms with Gasteiger partial charge in [0, 0.05) is 5.56 Å². The van der Waals surface area contributed by atoms with Gasteiger partial charge in [-0.05, 0) is 56.3 Å². The number of piperazine rings is 1. The third-order valence-corrected chi connectivity index (χ3v) is 5.40. The number of nitrogens with one attached hydrogen (secondary N) is 2. The van der Waals surface area contributed by atoms with Gasteiger partial charge in [-0.15, -0.1) is 0 Å². The molecule has 2 aromatic carbocycles. The quantitative estimate of drug-likeness (QED) is 0.679. The Balaban J connectivity index is 1.84. The summed E-state index contributed by atoms with van der Waals surface area (Å²) < 4.78 is 10.3. The maximum absolute atomic E-state index is 12.9. The molecule has 1 fully saturated rings. The van der Waals surface area contributed by atoms with Crippen molar-refractivity contribution in [3.05, 3.63) is 53.6 Å². The van der Waals surface area contributed by atoms with Crippen LogP contribution in [0.1, 0.15) is 34.6 Å². The van der Waals surface area contributed by atoms with Crippen LogP contribution in [0.15, 0.2) is 42.5 Å². The van der Waals surface area contributed by atoms with Gasteiger partial charge in [-0.1, -0.05) is 0 Å². The summed E-state index contributed by atoms with van der Waals surface area (Å²) >= 11 is 0. The molecule has 1 aliphatic rings. The van der Waals surface area contributed by atoms with Gasteiger partial charge in [-0.3, -0.25) is 4.79 Å². The van der Waals surface area contributed by atoms with Crippen LogP contribution >= 0.6 is 0 Å². The molecule has 2 N–H and O–H groups in total. The lowest BCUT2D eigenvalue weighted by molar-refractivity contribution is -0.898. The largest absolute Gasteiger partial charge is 0.494 e. The lowest BCUT2D eigenvalue weighted by Crippen LogP contribution is -3.14. The molecular formula is C23H30N3O4+. The van der Waals surface area contributed by atoms with Gasteiger partial charge in [-0.25, -0.2) is 4.79 Å². The molecule has 0 unspecified atom stereocenters. The Labute approximate surface area is 177 Å². The molecule has 0 radical (unpaired) electrons. The van der Waals surface area contributed by atoms with Crippen LogP contribution in [0.25, 0.3) is 0 Å². The fourth-order valence-electron chi connectivity index (χ4n) is 3.64. The number of hydrogen-bond donors (Lipinski definition) is 2. The average Bonchev–Trinajstić information content (AvgIpc) is 2.79. The number of carbonyl (C=O) groups excluding carboxylic acids is 2. The van der Waals surface area contributed by atoms with Crippen LogP contribution < -0.4 is 19.9 Å². The molecule has 2 aromatic rings. The van der Waals surface area contributed by atoms with Gasteiger partial charge in [0.25, 0.3) is 5.91 Å². The second-order valence-corrected chi connectivity index (χ2v) is 7.23. The fourth-order valence-corrected chi connectivity index (χ4v) is 3.64. The predicted octanol–water partition coefficient (Wildman–Crippen LogP) is 1.85. The minimum Gasteiger partial charge on any atom is -0.494 e. The van der Waals surface area contributed by atoms with E-state index < -0.39 is 5.97 Å². The summed E-state index contributed by atoms with van der Waals surface area (Å²) in [6.07, 6.45) is 0. The Morgan fingerprint density at radius 3 is 2.30 bits per heavy atom. The number of nitrogens with zero attached hydrogens (tertiary/aromatic N) is 1. The summed E-state index contributed by atoms with van der Waals surface area (Å²) in [6.45, 7) is 9.66. The number of likely N-dealkylation sites (N-methyl/N-ethyl adjacent to an activating group) is 1. The molecule has 7 heteroatoms. The van der Waals surface area contributed by atoms with Gasteiger partial charge >= 0.3 is 5.97 Å². The van der Waals surface area contributed by atoms with Crippen molar-refractivity contribution in [2.75, 3.05) is 56.7 Å². The average molecular weight is 413 g/mol. The van der Waals surface area contributed by atoms with Crippen LogP contribution in [0.5, 0.6) is 5.75 Å². The van der Waals surface area contributed by atoms with E-state index in [2.05, 4.69) is 17.1 Å². The Hall–Kier alpha value is -3.06. The van der Waals surface area contributed by atoms with Crippen molar-refractivity contribution >= 4 is 23.3 Å². The fraction of sp³-hybridized carbons (Fsp3) is 0.391. The van der Waals surface area contributed by atoms with E-state index in [-0.39, 0.29) is 5.91 Å². The predicted molar refractivity (Wildman–Crippen MR) is 117 cm³/mol. The van der Waals surface area contributed by atoms with E-state index in [1.165, 1.54) is 7.11 Å². The van der Waals surface area contributed by atoms with E-state index >= 15 is 0 Å². The molecule has 7 nitrogen and oxygen atoms in total. The zero-order chi connectivity index (χ0) is 21.5. The summed E-state index contributed by atoms with van der Waals surface area (Å²) in [5.74, 6) is 0.0521. The third-order valence-electron chi connectivity index (χ3n) is 5.40. The van der Waals surface area contributed by atoms with Crippen LogP contribution in [0.3, 0.4) is 0 Å². The van der Waals surface area contributed by atoms with Gasteiger partial charge in [-0.2, -0.15) is 0 Å². The normalized spacial score (nSPS) is 14.3. The minimum atomic E-state index is -0.432. The first-order chi connectivity index (χ1) is 14.5. The van der Waals surface area contributed by atoms with Crippen LogP contribution in [0.4, 0.5) is 11.4 Å². The number of amides is 1.